The summed E-state index contributed by atoms with van der Waals surface area (Å²) in [5.74, 6) is 2.59. The molecule has 0 aliphatic heterocycles. The van der Waals surface area contributed by atoms with Crippen molar-refractivity contribution in [2.45, 2.75) is 72.8 Å². The first-order valence-corrected chi connectivity index (χ1v) is 9.90. The Morgan fingerprint density at radius 3 is 2.73 bits per heavy atom. The molecule has 0 N–H and O–H groups in total. The predicted octanol–water partition coefficient (Wildman–Crippen LogP) is 6.38. The average molecular weight is 418 g/mol. The van der Waals surface area contributed by atoms with E-state index in [0.29, 0.717) is 17.8 Å². The van der Waals surface area contributed by atoms with Crippen LogP contribution in [0.25, 0.3) is 0 Å². The summed E-state index contributed by atoms with van der Waals surface area (Å²) in [4.78, 5) is 11.6. The van der Waals surface area contributed by atoms with Crippen LogP contribution in [0.5, 0.6) is 0 Å². The third-order valence-electron chi connectivity index (χ3n) is 6.05. The number of hydrogen-bond donors (Lipinski definition) is 0. The number of rotatable bonds is 4. The van der Waals surface area contributed by atoms with Gasteiger partial charge in [0.15, 0.2) is 0 Å². The Morgan fingerprint density at radius 2 is 2.14 bits per heavy atom. The molecule has 0 unspecified atom stereocenters. The van der Waals surface area contributed by atoms with Crippen molar-refractivity contribution in [1.29, 1.82) is 0 Å². The van der Waals surface area contributed by atoms with Crippen LogP contribution in [0, 0.1) is 29.1 Å². The van der Waals surface area contributed by atoms with Gasteiger partial charge in [-0.2, -0.15) is 0 Å². The summed E-state index contributed by atoms with van der Waals surface area (Å²) in [5.41, 5.74) is 1.60. The number of carbonyl (C=O) groups is 1. The molecule has 2 nitrogen and oxygen atoms in total. The topological polar surface area (TPSA) is 26.3 Å². The fraction of sp³-hybridized carbons (Fsp3) is 0.842. The van der Waals surface area contributed by atoms with Crippen molar-refractivity contribution in [1.82, 2.24) is 0 Å². The van der Waals surface area contributed by atoms with E-state index in [9.17, 15) is 4.79 Å². The van der Waals surface area contributed by atoms with Gasteiger partial charge in [-0.05, 0) is 49.4 Å². The minimum atomic E-state index is -0.155. The summed E-state index contributed by atoms with van der Waals surface area (Å²) >= 11 is 1.79. The van der Waals surface area contributed by atoms with Crippen molar-refractivity contribution in [3.8, 4) is 0 Å². The fourth-order valence-corrected chi connectivity index (χ4v) is 5.07. The van der Waals surface area contributed by atoms with E-state index in [1.807, 2.05) is 0 Å². The predicted molar refractivity (Wildman–Crippen MR) is 100 cm³/mol. The average Bonchev–Trinajstić information content (AvgIpc) is 2.39. The molecule has 0 aromatic carbocycles. The van der Waals surface area contributed by atoms with Crippen LogP contribution in [0.15, 0.2) is 11.6 Å². The second-order valence-electron chi connectivity index (χ2n) is 8.13. The monoisotopic (exact) mass is 418 g/mol. The molecule has 1 saturated carbocycles. The van der Waals surface area contributed by atoms with Crippen molar-refractivity contribution < 1.29 is 9.53 Å². The van der Waals surface area contributed by atoms with Crippen LogP contribution in [0.1, 0.15) is 66.7 Å². The lowest BCUT2D eigenvalue weighted by Crippen LogP contribution is -2.50. The molecule has 0 aromatic rings. The molecule has 0 amide bonds. The smallest absolute Gasteiger partial charge is 0.367 e. The molecule has 0 bridgehead atoms. The zero-order valence-electron chi connectivity index (χ0n) is 14.7. The molecule has 3 heteroatoms. The Hall–Kier alpha value is -0.0600. The van der Waals surface area contributed by atoms with E-state index in [0.717, 1.165) is 12.3 Å². The van der Waals surface area contributed by atoms with E-state index in [2.05, 4.69) is 40.7 Å². The van der Waals surface area contributed by atoms with Crippen LogP contribution in [0.3, 0.4) is 0 Å². The molecule has 0 heterocycles. The van der Waals surface area contributed by atoms with Crippen molar-refractivity contribution in [2.75, 3.05) is 0 Å². The highest BCUT2D eigenvalue weighted by Crippen LogP contribution is 2.56. The van der Waals surface area contributed by atoms with Gasteiger partial charge in [-0.25, -0.2) is 4.79 Å². The Bertz CT molecular complexity index is 443. The van der Waals surface area contributed by atoms with E-state index >= 15 is 0 Å². The normalized spacial score (nSPS) is 38.4. The minimum absolute atomic E-state index is 0.0416. The minimum Gasteiger partial charge on any atom is -0.454 e. The number of ether oxygens (including phenoxy) is 1. The molecule has 0 saturated heterocycles. The van der Waals surface area contributed by atoms with Gasteiger partial charge < -0.3 is 4.74 Å². The SMILES string of the molecule is CC(C)CC[C@H]1[C@@H](C)CCC2=C[C@H](C)C[C@H](OC(=O)I)[C@@]21C. The van der Waals surface area contributed by atoms with Gasteiger partial charge in [-0.15, -0.1) is 0 Å². The highest BCUT2D eigenvalue weighted by atomic mass is 127. The number of fused-ring (bicyclic) bond motifs is 1. The highest BCUT2D eigenvalue weighted by Gasteiger charge is 2.51. The largest absolute Gasteiger partial charge is 0.454 e. The molecule has 5 atom stereocenters. The lowest BCUT2D eigenvalue weighted by molar-refractivity contribution is -0.0391. The van der Waals surface area contributed by atoms with Crippen molar-refractivity contribution in [3.05, 3.63) is 11.6 Å². The third-order valence-corrected chi connectivity index (χ3v) is 6.30. The summed E-state index contributed by atoms with van der Waals surface area (Å²) in [6.07, 6.45) is 8.46. The zero-order chi connectivity index (χ0) is 16.5. The lowest BCUT2D eigenvalue weighted by Gasteiger charge is -2.53. The summed E-state index contributed by atoms with van der Waals surface area (Å²) in [7, 11) is 0. The maximum Gasteiger partial charge on any atom is 0.367 e. The van der Waals surface area contributed by atoms with Gasteiger partial charge in [0.05, 0.1) is 22.6 Å². The molecule has 2 rings (SSSR count). The summed E-state index contributed by atoms with van der Waals surface area (Å²) in [6.45, 7) is 11.6. The molecule has 1 fully saturated rings. The molecule has 2 aliphatic rings. The Labute approximate surface area is 149 Å². The number of allylic oxidation sites excluding steroid dienone is 1. The zero-order valence-corrected chi connectivity index (χ0v) is 16.9. The summed E-state index contributed by atoms with van der Waals surface area (Å²) in [6, 6.07) is 0. The van der Waals surface area contributed by atoms with E-state index < -0.39 is 0 Å². The van der Waals surface area contributed by atoms with Gasteiger partial charge in [0, 0.05) is 5.41 Å². The molecule has 22 heavy (non-hydrogen) atoms. The molecule has 2 aliphatic carbocycles. The summed E-state index contributed by atoms with van der Waals surface area (Å²) in [5, 5.41) is 0. The number of halogens is 1. The van der Waals surface area contributed by atoms with Gasteiger partial charge in [0.25, 0.3) is 0 Å². The lowest BCUT2D eigenvalue weighted by atomic mass is 9.53. The van der Waals surface area contributed by atoms with E-state index in [1.54, 1.807) is 28.2 Å². The molecule has 0 aromatic heterocycles. The van der Waals surface area contributed by atoms with E-state index in [-0.39, 0.29) is 15.5 Å². The molecular weight excluding hydrogens is 387 g/mol. The van der Waals surface area contributed by atoms with Crippen molar-refractivity contribution >= 4 is 26.6 Å². The maximum absolute atomic E-state index is 11.6. The Kier molecular flexibility index (Phi) is 6.01. The molecule has 0 radical (unpaired) electrons. The van der Waals surface area contributed by atoms with E-state index in [1.165, 1.54) is 25.7 Å². The van der Waals surface area contributed by atoms with Gasteiger partial charge >= 0.3 is 3.98 Å². The second-order valence-corrected chi connectivity index (χ2v) is 9.01. The first kappa shape index (κ1) is 18.3. The molecule has 126 valence electrons. The van der Waals surface area contributed by atoms with Crippen LogP contribution in [-0.4, -0.2) is 10.1 Å². The molecule has 0 spiro atoms. The van der Waals surface area contributed by atoms with Gasteiger partial charge in [0.1, 0.15) is 6.10 Å². The van der Waals surface area contributed by atoms with Crippen LogP contribution in [-0.2, 0) is 4.74 Å². The third kappa shape index (κ3) is 3.70. The van der Waals surface area contributed by atoms with Gasteiger partial charge in [-0.1, -0.05) is 52.7 Å². The highest BCUT2D eigenvalue weighted by molar-refractivity contribution is 14.1. The van der Waals surface area contributed by atoms with E-state index in [4.69, 9.17) is 4.74 Å². The maximum atomic E-state index is 11.6. The Balaban J connectivity index is 2.33. The van der Waals surface area contributed by atoms with Gasteiger partial charge in [0.2, 0.25) is 0 Å². The van der Waals surface area contributed by atoms with Crippen LogP contribution in [0.4, 0.5) is 4.79 Å². The fourth-order valence-electron chi connectivity index (χ4n) is 4.76. The molecular formula is C19H31IO2. The summed E-state index contributed by atoms with van der Waals surface area (Å²) < 4.78 is 5.67. The van der Waals surface area contributed by atoms with Gasteiger partial charge in [-0.3, -0.25) is 0 Å². The van der Waals surface area contributed by atoms with Crippen LogP contribution >= 0.6 is 22.6 Å². The number of hydrogen-bond acceptors (Lipinski definition) is 2. The second kappa shape index (κ2) is 7.23. The van der Waals surface area contributed by atoms with Crippen molar-refractivity contribution in [2.24, 2.45) is 29.1 Å². The first-order valence-electron chi connectivity index (χ1n) is 8.82. The first-order chi connectivity index (χ1) is 10.2. The number of carbonyl (C=O) groups excluding carboxylic acids is 1. The quantitative estimate of drug-likeness (QED) is 0.301. The van der Waals surface area contributed by atoms with Crippen LogP contribution in [0.2, 0.25) is 0 Å². The van der Waals surface area contributed by atoms with Crippen molar-refractivity contribution in [3.63, 3.8) is 0 Å². The standard InChI is InChI=1S/C19H31IO2/c1-12(2)6-9-16-14(4)7-8-15-10-13(3)11-17(19(15,16)5)22-18(20)21/h10,12-14,16-17H,6-9,11H2,1-5H3/t13-,14-,16-,17-,19-/m0/s1. The van der Waals surface area contributed by atoms with Crippen LogP contribution < -0.4 is 0 Å². The Morgan fingerprint density at radius 1 is 1.45 bits per heavy atom.